The van der Waals surface area contributed by atoms with Gasteiger partial charge in [0.05, 0.1) is 0 Å². The van der Waals surface area contributed by atoms with Crippen molar-refractivity contribution in [2.75, 3.05) is 0 Å². The fraction of sp³-hybridized carbons (Fsp3) is 0.409. The Balaban J connectivity index is 3.34. The number of hydrogen-bond acceptors (Lipinski definition) is 1. The van der Waals surface area contributed by atoms with E-state index >= 15 is 0 Å². The molecule has 0 radical (unpaired) electrons. The van der Waals surface area contributed by atoms with Gasteiger partial charge < -0.3 is 0 Å². The summed E-state index contributed by atoms with van der Waals surface area (Å²) in [5.74, 6) is 0.128. The number of benzene rings is 1. The molecule has 0 heterocycles. The fourth-order valence-electron chi connectivity index (χ4n) is 3.44. The number of Topliss-reactive ketones (excluding diaryl/α,β-unsaturated/α-hetero) is 1. The molecule has 0 unspecified atom stereocenters. The molecule has 0 fully saturated rings. The Morgan fingerprint density at radius 3 is 1.67 bits per heavy atom. The summed E-state index contributed by atoms with van der Waals surface area (Å²) in [7, 11) is 0. The molecule has 0 bridgehead atoms. The standard InChI is InChI=1S/C22H31BO/c1-13-11-14(2)22(15(3)12-13)23(10)20(8)18(6)16(4)17(5)19(7)21(9)24/h11-12H,8H2,1-7,9-10H3. The van der Waals surface area contributed by atoms with Crippen LogP contribution in [0.15, 0.2) is 46.5 Å². The molecule has 2 heteroatoms. The van der Waals surface area contributed by atoms with E-state index in [4.69, 9.17) is 0 Å². The molecule has 1 aromatic rings. The average Bonchev–Trinajstić information content (AvgIpc) is 2.49. The molecular formula is C22H31BO. The van der Waals surface area contributed by atoms with Crippen molar-refractivity contribution < 1.29 is 4.79 Å². The number of hydrogen-bond donors (Lipinski definition) is 0. The largest absolute Gasteiger partial charge is 0.295 e. The Morgan fingerprint density at radius 2 is 1.25 bits per heavy atom. The van der Waals surface area contributed by atoms with Crippen LogP contribution in [0.2, 0.25) is 6.82 Å². The second-order valence-corrected chi connectivity index (χ2v) is 7.12. The lowest BCUT2D eigenvalue weighted by Crippen LogP contribution is -2.34. The first kappa shape index (κ1) is 20.2. The van der Waals surface area contributed by atoms with Crippen LogP contribution in [0.5, 0.6) is 0 Å². The number of rotatable bonds is 5. The quantitative estimate of drug-likeness (QED) is 0.408. The molecule has 1 nitrogen and oxygen atoms in total. The summed E-state index contributed by atoms with van der Waals surface area (Å²) in [6.07, 6.45) is 0. The molecule has 0 atom stereocenters. The summed E-state index contributed by atoms with van der Waals surface area (Å²) < 4.78 is 0. The van der Waals surface area contributed by atoms with E-state index in [2.05, 4.69) is 60.2 Å². The van der Waals surface area contributed by atoms with Crippen LogP contribution in [-0.2, 0) is 4.79 Å². The first-order valence-electron chi connectivity index (χ1n) is 8.62. The molecule has 0 aliphatic heterocycles. The predicted molar refractivity (Wildman–Crippen MR) is 108 cm³/mol. The van der Waals surface area contributed by atoms with E-state index in [0.29, 0.717) is 0 Å². The Bertz CT molecular complexity index is 724. The Kier molecular flexibility index (Phi) is 6.60. The third-order valence-corrected chi connectivity index (χ3v) is 5.39. The summed E-state index contributed by atoms with van der Waals surface area (Å²) in [4.78, 5) is 11.7. The highest BCUT2D eigenvalue weighted by Crippen LogP contribution is 2.24. The molecule has 1 aromatic carbocycles. The van der Waals surface area contributed by atoms with Gasteiger partial charge in [-0.25, -0.2) is 0 Å². The second-order valence-electron chi connectivity index (χ2n) is 7.12. The summed E-state index contributed by atoms with van der Waals surface area (Å²) >= 11 is 0. The minimum atomic E-state index is 0.128. The maximum atomic E-state index is 11.7. The van der Waals surface area contributed by atoms with Gasteiger partial charge in [-0.3, -0.25) is 4.79 Å². The summed E-state index contributed by atoms with van der Waals surface area (Å²) in [6, 6.07) is 4.48. The van der Waals surface area contributed by atoms with Gasteiger partial charge in [-0.15, -0.1) is 6.58 Å². The van der Waals surface area contributed by atoms with Gasteiger partial charge in [0, 0.05) is 0 Å². The molecule has 0 spiro atoms. The maximum absolute atomic E-state index is 11.7. The van der Waals surface area contributed by atoms with Crippen molar-refractivity contribution in [1.29, 1.82) is 0 Å². The number of aryl methyl sites for hydroxylation is 3. The number of carbonyl (C=O) groups is 1. The van der Waals surface area contributed by atoms with Gasteiger partial charge in [0.15, 0.2) is 5.78 Å². The molecule has 0 aliphatic carbocycles. The maximum Gasteiger partial charge on any atom is 0.206 e. The van der Waals surface area contributed by atoms with Gasteiger partial charge in [0.25, 0.3) is 0 Å². The van der Waals surface area contributed by atoms with E-state index in [-0.39, 0.29) is 12.5 Å². The van der Waals surface area contributed by atoms with Crippen molar-refractivity contribution in [2.45, 2.75) is 62.2 Å². The number of ketones is 1. The topological polar surface area (TPSA) is 17.1 Å². The van der Waals surface area contributed by atoms with Crippen LogP contribution in [0.4, 0.5) is 0 Å². The molecule has 0 saturated carbocycles. The zero-order chi connectivity index (χ0) is 18.8. The fourth-order valence-corrected chi connectivity index (χ4v) is 3.44. The number of carbonyl (C=O) groups excluding carboxylic acids is 1. The molecule has 24 heavy (non-hydrogen) atoms. The van der Waals surface area contributed by atoms with Crippen LogP contribution >= 0.6 is 0 Å². The van der Waals surface area contributed by atoms with Crippen LogP contribution in [-0.4, -0.2) is 12.5 Å². The molecular weight excluding hydrogens is 291 g/mol. The highest BCUT2D eigenvalue weighted by molar-refractivity contribution is 6.80. The Hall–Kier alpha value is -1.83. The van der Waals surface area contributed by atoms with E-state index < -0.39 is 0 Å². The highest BCUT2D eigenvalue weighted by Gasteiger charge is 2.21. The molecule has 1 rings (SSSR count). The molecule has 128 valence electrons. The van der Waals surface area contributed by atoms with Gasteiger partial charge >= 0.3 is 0 Å². The lowest BCUT2D eigenvalue weighted by atomic mass is 9.39. The van der Waals surface area contributed by atoms with Crippen molar-refractivity contribution >= 4 is 18.0 Å². The zero-order valence-corrected chi connectivity index (χ0v) is 16.8. The third kappa shape index (κ3) is 4.17. The van der Waals surface area contributed by atoms with Crippen LogP contribution < -0.4 is 5.46 Å². The SMILES string of the molecule is C=C(B(C)c1c(C)cc(C)cc1C)C(C)=C(C)C(C)=C(C)C(C)=O. The first-order chi connectivity index (χ1) is 11.0. The van der Waals surface area contributed by atoms with E-state index in [1.807, 2.05) is 13.8 Å². The smallest absolute Gasteiger partial charge is 0.206 e. The Morgan fingerprint density at radius 1 is 0.833 bits per heavy atom. The van der Waals surface area contributed by atoms with Crippen molar-refractivity contribution in [1.82, 2.24) is 0 Å². The minimum Gasteiger partial charge on any atom is -0.295 e. The van der Waals surface area contributed by atoms with Crippen molar-refractivity contribution in [3.8, 4) is 0 Å². The van der Waals surface area contributed by atoms with Crippen LogP contribution in [0.25, 0.3) is 0 Å². The number of allylic oxidation sites excluding steroid dienone is 5. The van der Waals surface area contributed by atoms with Gasteiger partial charge in [-0.1, -0.05) is 52.2 Å². The van der Waals surface area contributed by atoms with Crippen LogP contribution in [0.3, 0.4) is 0 Å². The average molecular weight is 322 g/mol. The molecule has 0 amide bonds. The zero-order valence-electron chi connectivity index (χ0n) is 16.8. The first-order valence-corrected chi connectivity index (χ1v) is 8.62. The lowest BCUT2D eigenvalue weighted by molar-refractivity contribution is -0.113. The summed E-state index contributed by atoms with van der Waals surface area (Å²) in [5.41, 5.74) is 10.6. The third-order valence-electron chi connectivity index (χ3n) is 5.39. The molecule has 0 aliphatic rings. The van der Waals surface area contributed by atoms with Crippen LogP contribution in [0, 0.1) is 20.8 Å². The molecule has 0 N–H and O–H groups in total. The van der Waals surface area contributed by atoms with Gasteiger partial charge in [-0.2, -0.15) is 0 Å². The van der Waals surface area contributed by atoms with E-state index in [1.165, 1.54) is 27.7 Å². The molecule has 0 aromatic heterocycles. The van der Waals surface area contributed by atoms with Crippen molar-refractivity contribution in [3.05, 3.63) is 63.2 Å². The minimum absolute atomic E-state index is 0.128. The Labute approximate surface area is 148 Å². The second kappa shape index (κ2) is 7.83. The highest BCUT2D eigenvalue weighted by atomic mass is 16.1. The normalized spacial score (nSPS) is 13.2. The lowest BCUT2D eigenvalue weighted by Gasteiger charge is -2.21. The van der Waals surface area contributed by atoms with Gasteiger partial charge in [0.2, 0.25) is 6.71 Å². The van der Waals surface area contributed by atoms with Crippen LogP contribution in [0.1, 0.15) is 51.3 Å². The summed E-state index contributed by atoms with van der Waals surface area (Å²) in [6.45, 7) is 23.1. The van der Waals surface area contributed by atoms with Gasteiger partial charge in [-0.05, 0) is 72.1 Å². The van der Waals surface area contributed by atoms with E-state index in [1.54, 1.807) is 6.92 Å². The van der Waals surface area contributed by atoms with E-state index in [0.717, 1.165) is 22.2 Å². The van der Waals surface area contributed by atoms with Gasteiger partial charge in [0.1, 0.15) is 0 Å². The van der Waals surface area contributed by atoms with Crippen molar-refractivity contribution in [2.24, 2.45) is 0 Å². The molecule has 0 saturated heterocycles. The van der Waals surface area contributed by atoms with Crippen molar-refractivity contribution in [3.63, 3.8) is 0 Å². The van der Waals surface area contributed by atoms with E-state index in [9.17, 15) is 4.79 Å². The summed E-state index contributed by atoms with van der Waals surface area (Å²) in [5, 5.41) is 0. The predicted octanol–water partition coefficient (Wildman–Crippen LogP) is 5.30. The monoisotopic (exact) mass is 322 g/mol.